The van der Waals surface area contributed by atoms with Gasteiger partial charge in [-0.2, -0.15) is 0 Å². The number of ether oxygens (including phenoxy) is 1. The number of nitrogens with two attached hydrogens (primary N) is 1. The van der Waals surface area contributed by atoms with Crippen molar-refractivity contribution in [3.63, 3.8) is 0 Å². The van der Waals surface area contributed by atoms with Crippen LogP contribution in [0.15, 0.2) is 24.3 Å². The van der Waals surface area contributed by atoms with E-state index >= 15 is 0 Å². The van der Waals surface area contributed by atoms with Crippen molar-refractivity contribution in [1.82, 2.24) is 0 Å². The van der Waals surface area contributed by atoms with Crippen LogP contribution in [-0.4, -0.2) is 23.9 Å². The van der Waals surface area contributed by atoms with E-state index in [-0.39, 0.29) is 5.97 Å². The van der Waals surface area contributed by atoms with Crippen LogP contribution in [0.25, 0.3) is 0 Å². The van der Waals surface area contributed by atoms with Crippen LogP contribution >= 0.6 is 0 Å². The Bertz CT molecular complexity index is 606. The molecule has 1 aliphatic rings. The standard InChI is InChI=1S/C19H26N2O4/c1-13(25-17(22)12-7-14-5-3-2-4-6-14)19(24)21-16-10-8-15(9-11-16)18(20)23/h8-11,13-14H,2-7,12H2,1H3,(H2,20,23)(H,21,24). The molecule has 1 saturated carbocycles. The van der Waals surface area contributed by atoms with E-state index in [2.05, 4.69) is 5.32 Å². The van der Waals surface area contributed by atoms with Crippen LogP contribution in [0.5, 0.6) is 0 Å². The summed E-state index contributed by atoms with van der Waals surface area (Å²) >= 11 is 0. The van der Waals surface area contributed by atoms with Gasteiger partial charge in [0.2, 0.25) is 5.91 Å². The molecule has 1 atom stereocenters. The predicted octanol–water partition coefficient (Wildman–Crippen LogP) is 3.02. The minimum absolute atomic E-state index is 0.336. The molecule has 0 radical (unpaired) electrons. The Balaban J connectivity index is 1.74. The van der Waals surface area contributed by atoms with Gasteiger partial charge in [0.1, 0.15) is 0 Å². The molecule has 1 fully saturated rings. The summed E-state index contributed by atoms with van der Waals surface area (Å²) in [5, 5.41) is 2.65. The summed E-state index contributed by atoms with van der Waals surface area (Å²) in [5.74, 6) is -0.664. The largest absolute Gasteiger partial charge is 0.453 e. The number of anilines is 1. The lowest BCUT2D eigenvalue weighted by Crippen LogP contribution is -2.30. The van der Waals surface area contributed by atoms with Gasteiger partial charge in [0, 0.05) is 17.7 Å². The number of hydrogen-bond donors (Lipinski definition) is 2. The molecule has 0 heterocycles. The number of carbonyl (C=O) groups is 3. The normalized spacial score (nSPS) is 16.0. The van der Waals surface area contributed by atoms with Crippen LogP contribution in [0.2, 0.25) is 0 Å². The number of carbonyl (C=O) groups excluding carboxylic acids is 3. The minimum Gasteiger partial charge on any atom is -0.453 e. The molecule has 0 bridgehead atoms. The van der Waals surface area contributed by atoms with Gasteiger partial charge in [0.25, 0.3) is 5.91 Å². The lowest BCUT2D eigenvalue weighted by molar-refractivity contribution is -0.153. The Morgan fingerprint density at radius 2 is 1.80 bits per heavy atom. The molecule has 2 rings (SSSR count). The molecule has 136 valence electrons. The first kappa shape index (κ1) is 19.0. The van der Waals surface area contributed by atoms with Crippen molar-refractivity contribution in [2.75, 3.05) is 5.32 Å². The molecular weight excluding hydrogens is 320 g/mol. The maximum Gasteiger partial charge on any atom is 0.306 e. The first-order valence-electron chi connectivity index (χ1n) is 8.86. The third kappa shape index (κ3) is 6.21. The van der Waals surface area contributed by atoms with E-state index in [1.54, 1.807) is 19.1 Å². The van der Waals surface area contributed by atoms with Crippen LogP contribution in [0.1, 0.15) is 62.2 Å². The first-order valence-corrected chi connectivity index (χ1v) is 8.86. The number of benzene rings is 1. The monoisotopic (exact) mass is 346 g/mol. The minimum atomic E-state index is -0.866. The summed E-state index contributed by atoms with van der Waals surface area (Å²) < 4.78 is 5.21. The van der Waals surface area contributed by atoms with E-state index in [9.17, 15) is 14.4 Å². The molecule has 0 saturated heterocycles. The van der Waals surface area contributed by atoms with E-state index in [0.29, 0.717) is 23.6 Å². The van der Waals surface area contributed by atoms with Gasteiger partial charge in [0.15, 0.2) is 6.10 Å². The molecule has 2 amide bonds. The fourth-order valence-corrected chi connectivity index (χ4v) is 3.07. The van der Waals surface area contributed by atoms with Crippen molar-refractivity contribution >= 4 is 23.5 Å². The molecule has 1 aromatic rings. The van der Waals surface area contributed by atoms with Crippen LogP contribution in [0.3, 0.4) is 0 Å². The molecule has 6 heteroatoms. The number of hydrogen-bond acceptors (Lipinski definition) is 4. The SMILES string of the molecule is CC(OC(=O)CCC1CCCCC1)C(=O)Nc1ccc(C(N)=O)cc1. The van der Waals surface area contributed by atoms with Gasteiger partial charge >= 0.3 is 5.97 Å². The molecule has 1 aliphatic carbocycles. The summed E-state index contributed by atoms with van der Waals surface area (Å²) in [6, 6.07) is 6.21. The van der Waals surface area contributed by atoms with Gasteiger partial charge in [-0.15, -0.1) is 0 Å². The Kier molecular flexibility index (Phi) is 6.98. The summed E-state index contributed by atoms with van der Waals surface area (Å²) in [4.78, 5) is 35.0. The van der Waals surface area contributed by atoms with Gasteiger partial charge in [-0.05, 0) is 43.5 Å². The van der Waals surface area contributed by atoms with E-state index in [1.807, 2.05) is 0 Å². The summed E-state index contributed by atoms with van der Waals surface area (Å²) in [6.45, 7) is 1.55. The third-order valence-electron chi connectivity index (χ3n) is 4.60. The molecule has 6 nitrogen and oxygen atoms in total. The van der Waals surface area contributed by atoms with Crippen molar-refractivity contribution in [1.29, 1.82) is 0 Å². The molecule has 0 aromatic heterocycles. The van der Waals surface area contributed by atoms with Gasteiger partial charge in [-0.25, -0.2) is 0 Å². The summed E-state index contributed by atoms with van der Waals surface area (Å²) in [5.41, 5.74) is 6.04. The molecule has 3 N–H and O–H groups in total. The highest BCUT2D eigenvalue weighted by Gasteiger charge is 2.20. The molecule has 0 aliphatic heterocycles. The van der Waals surface area contributed by atoms with Crippen LogP contribution in [0.4, 0.5) is 5.69 Å². The van der Waals surface area contributed by atoms with Crippen LogP contribution in [0, 0.1) is 5.92 Å². The van der Waals surface area contributed by atoms with Gasteiger partial charge in [-0.1, -0.05) is 32.1 Å². The summed E-state index contributed by atoms with van der Waals surface area (Å²) in [6.07, 6.45) is 6.47. The Morgan fingerprint density at radius 1 is 1.16 bits per heavy atom. The zero-order valence-electron chi connectivity index (χ0n) is 14.6. The number of rotatable bonds is 7. The number of nitrogens with one attached hydrogen (secondary N) is 1. The van der Waals surface area contributed by atoms with Gasteiger partial charge < -0.3 is 15.8 Å². The quantitative estimate of drug-likeness (QED) is 0.741. The second-order valence-electron chi connectivity index (χ2n) is 6.61. The smallest absolute Gasteiger partial charge is 0.306 e. The van der Waals surface area contributed by atoms with Crippen LogP contribution in [-0.2, 0) is 14.3 Å². The van der Waals surface area contributed by atoms with E-state index < -0.39 is 17.9 Å². The van der Waals surface area contributed by atoms with Gasteiger partial charge in [-0.3, -0.25) is 14.4 Å². The summed E-state index contributed by atoms with van der Waals surface area (Å²) in [7, 11) is 0. The molecule has 25 heavy (non-hydrogen) atoms. The predicted molar refractivity (Wildman–Crippen MR) is 95.0 cm³/mol. The number of amides is 2. The highest BCUT2D eigenvalue weighted by molar-refractivity contribution is 5.96. The van der Waals surface area contributed by atoms with E-state index in [1.165, 1.54) is 44.2 Å². The van der Waals surface area contributed by atoms with Crippen molar-refractivity contribution in [2.45, 2.75) is 58.0 Å². The molecule has 1 aromatic carbocycles. The fraction of sp³-hybridized carbons (Fsp3) is 0.526. The topological polar surface area (TPSA) is 98.5 Å². The lowest BCUT2D eigenvalue weighted by Gasteiger charge is -2.21. The number of primary amides is 1. The second kappa shape index (κ2) is 9.20. The zero-order chi connectivity index (χ0) is 18.2. The Hall–Kier alpha value is -2.37. The number of esters is 1. The lowest BCUT2D eigenvalue weighted by atomic mass is 9.86. The van der Waals surface area contributed by atoms with Crippen molar-refractivity contribution in [3.8, 4) is 0 Å². The highest BCUT2D eigenvalue weighted by Crippen LogP contribution is 2.27. The van der Waals surface area contributed by atoms with Crippen LogP contribution < -0.4 is 11.1 Å². The van der Waals surface area contributed by atoms with Crippen molar-refractivity contribution < 1.29 is 19.1 Å². The van der Waals surface area contributed by atoms with Gasteiger partial charge in [0.05, 0.1) is 0 Å². The van der Waals surface area contributed by atoms with E-state index in [0.717, 1.165) is 6.42 Å². The molecule has 0 spiro atoms. The average Bonchev–Trinajstić information content (AvgIpc) is 2.61. The van der Waals surface area contributed by atoms with Crippen molar-refractivity contribution in [2.24, 2.45) is 11.7 Å². The van der Waals surface area contributed by atoms with E-state index in [4.69, 9.17) is 10.5 Å². The Labute approximate surface area is 148 Å². The zero-order valence-corrected chi connectivity index (χ0v) is 14.6. The maximum atomic E-state index is 12.1. The average molecular weight is 346 g/mol. The second-order valence-corrected chi connectivity index (χ2v) is 6.61. The Morgan fingerprint density at radius 3 is 2.40 bits per heavy atom. The van der Waals surface area contributed by atoms with Crippen molar-refractivity contribution in [3.05, 3.63) is 29.8 Å². The third-order valence-corrected chi connectivity index (χ3v) is 4.60. The fourth-order valence-electron chi connectivity index (χ4n) is 3.07. The maximum absolute atomic E-state index is 12.1. The first-order chi connectivity index (χ1) is 12.0. The molecule has 1 unspecified atom stereocenters. The highest BCUT2D eigenvalue weighted by atomic mass is 16.5. The molecular formula is C19H26N2O4.